The molecule has 1 rings (SSSR count). The molecule has 0 bridgehead atoms. The number of hydrogen-bond donors (Lipinski definition) is 1. The normalized spacial score (nSPS) is 11.9. The van der Waals surface area contributed by atoms with Gasteiger partial charge >= 0.3 is 0 Å². The average Bonchev–Trinajstić information content (AvgIpc) is 2.17. The molecular weight excluding hydrogens is 183 g/mol. The molecule has 0 saturated heterocycles. The quantitative estimate of drug-likeness (QED) is 0.797. The second-order valence-corrected chi connectivity index (χ2v) is 2.89. The summed E-state index contributed by atoms with van der Waals surface area (Å²) in [5.41, 5.74) is 6.23. The summed E-state index contributed by atoms with van der Waals surface area (Å²) in [7, 11) is 1.45. The molecule has 0 aliphatic heterocycles. The van der Waals surface area contributed by atoms with Gasteiger partial charge in [-0.15, -0.1) is 0 Å². The monoisotopic (exact) mass is 194 g/mol. The standard InChI is InChI=1S/C10H11FN2O/c1-14-9-5-7(4-8(11)6-9)10(13)2-3-12/h4-6,10H,2,13H2,1H3/t10-/m1/s1. The molecule has 0 saturated carbocycles. The van der Waals surface area contributed by atoms with E-state index in [1.807, 2.05) is 6.07 Å². The SMILES string of the molecule is COc1cc(F)cc([C@H](N)CC#N)c1. The van der Waals surface area contributed by atoms with Crippen LogP contribution in [0.25, 0.3) is 0 Å². The predicted octanol–water partition coefficient (Wildman–Crippen LogP) is 1.75. The molecular formula is C10H11FN2O. The fourth-order valence-electron chi connectivity index (χ4n) is 1.13. The Morgan fingerprint density at radius 3 is 2.86 bits per heavy atom. The number of nitrogens with two attached hydrogens (primary N) is 1. The number of nitrogens with zero attached hydrogens (tertiary/aromatic N) is 1. The van der Waals surface area contributed by atoms with E-state index >= 15 is 0 Å². The highest BCUT2D eigenvalue weighted by atomic mass is 19.1. The minimum absolute atomic E-state index is 0.159. The molecule has 0 heterocycles. The van der Waals surface area contributed by atoms with E-state index in [1.54, 1.807) is 6.07 Å². The molecule has 0 fully saturated rings. The van der Waals surface area contributed by atoms with Crippen molar-refractivity contribution in [2.75, 3.05) is 7.11 Å². The molecule has 0 spiro atoms. The summed E-state index contributed by atoms with van der Waals surface area (Å²) in [5.74, 6) is 0.00105. The van der Waals surface area contributed by atoms with Gasteiger partial charge in [0.05, 0.1) is 19.6 Å². The maximum absolute atomic E-state index is 13.0. The molecule has 0 aliphatic rings. The summed E-state index contributed by atoms with van der Waals surface area (Å²) in [6.07, 6.45) is 0.159. The Morgan fingerprint density at radius 1 is 1.57 bits per heavy atom. The summed E-state index contributed by atoms with van der Waals surface area (Å²) >= 11 is 0. The van der Waals surface area contributed by atoms with E-state index in [-0.39, 0.29) is 6.42 Å². The third-order valence-corrected chi connectivity index (χ3v) is 1.87. The fourth-order valence-corrected chi connectivity index (χ4v) is 1.13. The van der Waals surface area contributed by atoms with Crippen LogP contribution in [0, 0.1) is 17.1 Å². The van der Waals surface area contributed by atoms with Crippen molar-refractivity contribution in [2.24, 2.45) is 5.73 Å². The van der Waals surface area contributed by atoms with Crippen molar-refractivity contribution in [3.05, 3.63) is 29.6 Å². The van der Waals surface area contributed by atoms with E-state index in [0.717, 1.165) is 0 Å². The van der Waals surface area contributed by atoms with Crippen LogP contribution in [0.1, 0.15) is 18.0 Å². The van der Waals surface area contributed by atoms with Crippen LogP contribution in [0.4, 0.5) is 4.39 Å². The van der Waals surface area contributed by atoms with Crippen LogP contribution in [-0.4, -0.2) is 7.11 Å². The zero-order chi connectivity index (χ0) is 10.6. The summed E-state index contributed by atoms with van der Waals surface area (Å²) in [5, 5.41) is 8.44. The molecule has 4 heteroatoms. The van der Waals surface area contributed by atoms with Gasteiger partial charge in [-0.05, 0) is 17.7 Å². The van der Waals surface area contributed by atoms with Gasteiger partial charge in [0.1, 0.15) is 11.6 Å². The highest BCUT2D eigenvalue weighted by Crippen LogP contribution is 2.21. The lowest BCUT2D eigenvalue weighted by atomic mass is 10.1. The highest BCUT2D eigenvalue weighted by Gasteiger charge is 2.08. The molecule has 3 nitrogen and oxygen atoms in total. The van der Waals surface area contributed by atoms with Crippen molar-refractivity contribution in [2.45, 2.75) is 12.5 Å². The van der Waals surface area contributed by atoms with Crippen molar-refractivity contribution in [1.29, 1.82) is 5.26 Å². The van der Waals surface area contributed by atoms with Gasteiger partial charge < -0.3 is 10.5 Å². The van der Waals surface area contributed by atoms with Gasteiger partial charge in [-0.25, -0.2) is 4.39 Å². The Bertz CT molecular complexity index is 360. The lowest BCUT2D eigenvalue weighted by molar-refractivity contribution is 0.410. The summed E-state index contributed by atoms with van der Waals surface area (Å²) in [6.45, 7) is 0. The van der Waals surface area contributed by atoms with Crippen LogP contribution >= 0.6 is 0 Å². The molecule has 0 unspecified atom stereocenters. The Morgan fingerprint density at radius 2 is 2.29 bits per heavy atom. The van der Waals surface area contributed by atoms with E-state index in [0.29, 0.717) is 11.3 Å². The van der Waals surface area contributed by atoms with E-state index in [9.17, 15) is 4.39 Å². The summed E-state index contributed by atoms with van der Waals surface area (Å²) in [6, 6.07) is 5.67. The van der Waals surface area contributed by atoms with Crippen LogP contribution < -0.4 is 10.5 Å². The van der Waals surface area contributed by atoms with Crippen molar-refractivity contribution < 1.29 is 9.13 Å². The number of benzene rings is 1. The van der Waals surface area contributed by atoms with Gasteiger partial charge in [-0.1, -0.05) is 0 Å². The molecule has 1 aromatic carbocycles. The number of hydrogen-bond acceptors (Lipinski definition) is 3. The molecule has 0 aromatic heterocycles. The third kappa shape index (κ3) is 2.44. The minimum Gasteiger partial charge on any atom is -0.497 e. The second kappa shape index (κ2) is 4.58. The number of ether oxygens (including phenoxy) is 1. The maximum atomic E-state index is 13.0. The second-order valence-electron chi connectivity index (χ2n) is 2.89. The van der Waals surface area contributed by atoms with Crippen LogP contribution in [0.15, 0.2) is 18.2 Å². The molecule has 0 amide bonds. The van der Waals surface area contributed by atoms with Crippen LogP contribution in [0.5, 0.6) is 5.75 Å². The first-order chi connectivity index (χ1) is 6.67. The zero-order valence-electron chi connectivity index (χ0n) is 7.83. The largest absolute Gasteiger partial charge is 0.497 e. The first-order valence-electron chi connectivity index (χ1n) is 4.14. The molecule has 1 aromatic rings. The average molecular weight is 194 g/mol. The van der Waals surface area contributed by atoms with Gasteiger partial charge in [0.25, 0.3) is 0 Å². The van der Waals surface area contributed by atoms with Crippen LogP contribution in [0.3, 0.4) is 0 Å². The highest BCUT2D eigenvalue weighted by molar-refractivity contribution is 5.31. The summed E-state index contributed by atoms with van der Waals surface area (Å²) in [4.78, 5) is 0. The van der Waals surface area contributed by atoms with Gasteiger partial charge in [0.15, 0.2) is 0 Å². The maximum Gasteiger partial charge on any atom is 0.127 e. The fraction of sp³-hybridized carbons (Fsp3) is 0.300. The first kappa shape index (κ1) is 10.5. The lowest BCUT2D eigenvalue weighted by Crippen LogP contribution is -2.09. The number of halogens is 1. The number of rotatable bonds is 3. The molecule has 1 atom stereocenters. The predicted molar refractivity (Wildman–Crippen MR) is 50.1 cm³/mol. The van der Waals surface area contributed by atoms with Gasteiger partial charge in [-0.2, -0.15) is 5.26 Å². The topological polar surface area (TPSA) is 59.0 Å². The van der Waals surface area contributed by atoms with Crippen LogP contribution in [0.2, 0.25) is 0 Å². The van der Waals surface area contributed by atoms with E-state index in [1.165, 1.54) is 19.2 Å². The zero-order valence-corrected chi connectivity index (χ0v) is 7.83. The number of nitriles is 1. The summed E-state index contributed by atoms with van der Waals surface area (Å²) < 4.78 is 17.9. The van der Waals surface area contributed by atoms with Gasteiger partial charge in [0.2, 0.25) is 0 Å². The minimum atomic E-state index is -0.468. The van der Waals surface area contributed by atoms with Gasteiger partial charge in [0, 0.05) is 12.1 Å². The van der Waals surface area contributed by atoms with Gasteiger partial charge in [-0.3, -0.25) is 0 Å². The van der Waals surface area contributed by atoms with Crippen molar-refractivity contribution >= 4 is 0 Å². The van der Waals surface area contributed by atoms with E-state index in [2.05, 4.69) is 0 Å². The Hall–Kier alpha value is -1.60. The van der Waals surface area contributed by atoms with Crippen molar-refractivity contribution in [3.63, 3.8) is 0 Å². The van der Waals surface area contributed by atoms with Crippen molar-refractivity contribution in [1.82, 2.24) is 0 Å². The van der Waals surface area contributed by atoms with Crippen LogP contribution in [-0.2, 0) is 0 Å². The van der Waals surface area contributed by atoms with E-state index < -0.39 is 11.9 Å². The molecule has 2 N–H and O–H groups in total. The van der Waals surface area contributed by atoms with Crippen molar-refractivity contribution in [3.8, 4) is 11.8 Å². The van der Waals surface area contributed by atoms with E-state index in [4.69, 9.17) is 15.7 Å². The molecule has 74 valence electrons. The lowest BCUT2D eigenvalue weighted by Gasteiger charge is -2.09. The molecule has 0 radical (unpaired) electrons. The Labute approximate surface area is 81.9 Å². The third-order valence-electron chi connectivity index (χ3n) is 1.87. The Balaban J connectivity index is 2.97. The first-order valence-corrected chi connectivity index (χ1v) is 4.14. The number of methoxy groups -OCH3 is 1. The molecule has 0 aliphatic carbocycles. The molecule has 14 heavy (non-hydrogen) atoms. The smallest absolute Gasteiger partial charge is 0.127 e. The Kier molecular flexibility index (Phi) is 3.43.